The van der Waals surface area contributed by atoms with E-state index in [1.807, 2.05) is 0 Å². The summed E-state index contributed by atoms with van der Waals surface area (Å²) in [6.45, 7) is 1.67. The van der Waals surface area contributed by atoms with Gasteiger partial charge in [0, 0.05) is 10.9 Å². The van der Waals surface area contributed by atoms with Gasteiger partial charge in [-0.2, -0.15) is 0 Å². The van der Waals surface area contributed by atoms with Gasteiger partial charge >= 0.3 is 0 Å². The Bertz CT molecular complexity index is 594. The van der Waals surface area contributed by atoms with Gasteiger partial charge in [0.15, 0.2) is 0 Å². The van der Waals surface area contributed by atoms with Crippen molar-refractivity contribution in [2.75, 3.05) is 22.6 Å². The summed E-state index contributed by atoms with van der Waals surface area (Å²) in [5.41, 5.74) is 5.28. The molecule has 0 amide bonds. The Hall–Kier alpha value is -1.19. The fourth-order valence-electron chi connectivity index (χ4n) is 1.39. The van der Waals surface area contributed by atoms with Crippen LogP contribution in [-0.4, -0.2) is 27.1 Å². The summed E-state index contributed by atoms with van der Waals surface area (Å²) >= 11 is 3.06. The van der Waals surface area contributed by atoms with Crippen LogP contribution in [0.3, 0.4) is 0 Å². The molecule has 1 rings (SSSR count). The minimum absolute atomic E-state index is 0.0525. The fraction of sp³-hybridized carbons (Fsp3) is 0.364. The third-order valence-electron chi connectivity index (χ3n) is 2.26. The van der Waals surface area contributed by atoms with E-state index in [1.165, 1.54) is 0 Å². The Morgan fingerprint density at radius 1 is 1.50 bits per heavy atom. The number of anilines is 2. The molecule has 0 bridgehead atoms. The lowest BCUT2D eigenvalue weighted by Gasteiger charge is -2.23. The monoisotopic (exact) mass is 368 g/mol. The minimum atomic E-state index is -3.88. The highest BCUT2D eigenvalue weighted by molar-refractivity contribution is 9.10. The lowest BCUT2D eigenvalue weighted by Crippen LogP contribution is -2.33. The largest absolute Gasteiger partial charge is 0.396 e. The molecule has 6 nitrogen and oxygen atoms in total. The molecular weight excluding hydrogens is 355 g/mol. The van der Waals surface area contributed by atoms with Gasteiger partial charge in [-0.25, -0.2) is 12.8 Å². The first-order valence-electron chi connectivity index (χ1n) is 5.67. The number of rotatable bonds is 7. The third kappa shape index (κ3) is 3.90. The molecule has 0 unspecified atom stereocenters. The summed E-state index contributed by atoms with van der Waals surface area (Å²) in [6, 6.07) is 2.19. The zero-order valence-corrected chi connectivity index (χ0v) is 13.1. The maximum atomic E-state index is 13.3. The minimum Gasteiger partial charge on any atom is -0.396 e. The number of aldehydes is 1. The summed E-state index contributed by atoms with van der Waals surface area (Å²) in [4.78, 5) is 15.4. The molecule has 0 aromatic heterocycles. The van der Waals surface area contributed by atoms with Gasteiger partial charge in [0.2, 0.25) is 0 Å². The van der Waals surface area contributed by atoms with Crippen molar-refractivity contribution in [1.82, 2.24) is 0 Å². The highest BCUT2D eigenvalue weighted by Gasteiger charge is 2.26. The maximum absolute atomic E-state index is 13.3. The number of benzene rings is 1. The molecule has 0 saturated heterocycles. The number of carbonyl (C=O) groups is 1. The van der Waals surface area contributed by atoms with E-state index < -0.39 is 21.6 Å². The molecule has 0 aliphatic rings. The van der Waals surface area contributed by atoms with E-state index in [4.69, 9.17) is 10.6 Å². The summed E-state index contributed by atoms with van der Waals surface area (Å²) in [5, 5.41) is 0. The van der Waals surface area contributed by atoms with Crippen LogP contribution in [-0.2, 0) is 19.7 Å². The lowest BCUT2D eigenvalue weighted by molar-refractivity contribution is -0.107. The smallest absolute Gasteiger partial charge is 0.258 e. The van der Waals surface area contributed by atoms with Crippen LogP contribution in [0.5, 0.6) is 0 Å². The Morgan fingerprint density at radius 2 is 2.15 bits per heavy atom. The summed E-state index contributed by atoms with van der Waals surface area (Å²) in [6.07, 6.45) is 0.329. The summed E-state index contributed by atoms with van der Waals surface area (Å²) in [5.74, 6) is -1.09. The molecule has 1 aromatic carbocycles. The number of sulfonamides is 1. The molecule has 0 spiro atoms. The second kappa shape index (κ2) is 7.00. The predicted octanol–water partition coefficient (Wildman–Crippen LogP) is 1.85. The van der Waals surface area contributed by atoms with E-state index in [1.54, 1.807) is 6.92 Å². The van der Waals surface area contributed by atoms with Gasteiger partial charge in [-0.3, -0.25) is 4.84 Å². The molecular formula is C11H14BrFN2O4S. The number of halogens is 2. The molecule has 0 radical (unpaired) electrons. The average Bonchev–Trinajstić information content (AvgIpc) is 2.38. The molecule has 0 aliphatic carbocycles. The predicted molar refractivity (Wildman–Crippen MR) is 77.1 cm³/mol. The van der Waals surface area contributed by atoms with Crippen molar-refractivity contribution in [2.45, 2.75) is 13.3 Å². The molecule has 0 atom stereocenters. The molecule has 9 heteroatoms. The molecule has 0 aliphatic heterocycles. The van der Waals surface area contributed by atoms with Gasteiger partial charge in [-0.1, -0.05) is 0 Å². The van der Waals surface area contributed by atoms with Gasteiger partial charge in [0.1, 0.15) is 12.1 Å². The summed E-state index contributed by atoms with van der Waals surface area (Å²) in [7, 11) is -3.88. The molecule has 20 heavy (non-hydrogen) atoms. The van der Waals surface area contributed by atoms with Crippen LogP contribution >= 0.6 is 15.9 Å². The molecule has 112 valence electrons. The SMILES string of the molecule is CCON(c1cc(N)c(F)cc1Br)S(=O)(=O)CCC=O. The van der Waals surface area contributed by atoms with E-state index in [2.05, 4.69) is 15.9 Å². The Balaban J connectivity index is 3.27. The van der Waals surface area contributed by atoms with Gasteiger partial charge in [0.25, 0.3) is 10.0 Å². The van der Waals surface area contributed by atoms with E-state index in [0.717, 1.165) is 12.1 Å². The van der Waals surface area contributed by atoms with Crippen molar-refractivity contribution < 1.29 is 22.4 Å². The number of carbonyl (C=O) groups excluding carboxylic acids is 1. The number of nitrogens with two attached hydrogens (primary N) is 1. The number of nitrogen functional groups attached to an aromatic ring is 1. The van der Waals surface area contributed by atoms with Crippen LogP contribution in [0.4, 0.5) is 15.8 Å². The topological polar surface area (TPSA) is 89.7 Å². The standard InChI is InChI=1S/C11H14BrFN2O4S/c1-2-19-15(20(17,18)5-3-4-16)11-7-10(14)9(13)6-8(11)12/h4,6-7H,2-3,5,14H2,1H3. The summed E-state index contributed by atoms with van der Waals surface area (Å²) < 4.78 is 38.4. The first kappa shape index (κ1) is 16.9. The van der Waals surface area contributed by atoms with Crippen molar-refractivity contribution in [2.24, 2.45) is 0 Å². The zero-order chi connectivity index (χ0) is 15.3. The van der Waals surface area contributed by atoms with E-state index in [-0.39, 0.29) is 28.9 Å². The Labute approximate surface area is 124 Å². The van der Waals surface area contributed by atoms with Crippen LogP contribution < -0.4 is 10.2 Å². The highest BCUT2D eigenvalue weighted by Crippen LogP contribution is 2.32. The quantitative estimate of drug-likeness (QED) is 0.450. The molecule has 0 fully saturated rings. The Morgan fingerprint density at radius 3 is 2.70 bits per heavy atom. The van der Waals surface area contributed by atoms with Crippen LogP contribution in [0, 0.1) is 5.82 Å². The Kier molecular flexibility index (Phi) is 5.90. The van der Waals surface area contributed by atoms with Crippen molar-refractivity contribution in [3.63, 3.8) is 0 Å². The van der Waals surface area contributed by atoms with Crippen molar-refractivity contribution >= 4 is 43.6 Å². The maximum Gasteiger partial charge on any atom is 0.258 e. The first-order chi connectivity index (χ1) is 9.33. The molecule has 2 N–H and O–H groups in total. The van der Waals surface area contributed by atoms with E-state index >= 15 is 0 Å². The lowest BCUT2D eigenvalue weighted by atomic mass is 10.3. The fourth-order valence-corrected chi connectivity index (χ4v) is 3.26. The van der Waals surface area contributed by atoms with Gasteiger partial charge < -0.3 is 10.5 Å². The third-order valence-corrected chi connectivity index (χ3v) is 4.45. The first-order valence-corrected chi connectivity index (χ1v) is 8.07. The molecule has 0 heterocycles. The van der Waals surface area contributed by atoms with Crippen molar-refractivity contribution in [3.05, 3.63) is 22.4 Å². The number of nitrogens with zero attached hydrogens (tertiary/aromatic N) is 1. The van der Waals surface area contributed by atoms with Crippen molar-refractivity contribution in [1.29, 1.82) is 0 Å². The van der Waals surface area contributed by atoms with Crippen LogP contribution in [0.15, 0.2) is 16.6 Å². The van der Waals surface area contributed by atoms with Gasteiger partial charge in [-0.05, 0) is 35.0 Å². The second-order valence-electron chi connectivity index (χ2n) is 3.74. The highest BCUT2D eigenvalue weighted by atomic mass is 79.9. The molecule has 1 aromatic rings. The zero-order valence-electron chi connectivity index (χ0n) is 10.7. The van der Waals surface area contributed by atoms with Crippen molar-refractivity contribution in [3.8, 4) is 0 Å². The average molecular weight is 369 g/mol. The van der Waals surface area contributed by atoms with Crippen LogP contribution in [0.2, 0.25) is 0 Å². The van der Waals surface area contributed by atoms with Gasteiger partial charge in [0.05, 0.1) is 23.7 Å². The number of hydrogen-bond acceptors (Lipinski definition) is 5. The molecule has 0 saturated carbocycles. The van der Waals surface area contributed by atoms with E-state index in [0.29, 0.717) is 10.8 Å². The van der Waals surface area contributed by atoms with Crippen LogP contribution in [0.25, 0.3) is 0 Å². The normalized spacial score (nSPS) is 11.3. The van der Waals surface area contributed by atoms with E-state index in [9.17, 15) is 17.6 Å². The number of hydrogen-bond donors (Lipinski definition) is 1. The van der Waals surface area contributed by atoms with Crippen LogP contribution in [0.1, 0.15) is 13.3 Å². The van der Waals surface area contributed by atoms with Gasteiger partial charge in [-0.15, -0.1) is 4.47 Å². The second-order valence-corrected chi connectivity index (χ2v) is 6.50.